The van der Waals surface area contributed by atoms with E-state index in [9.17, 15) is 4.79 Å². The summed E-state index contributed by atoms with van der Waals surface area (Å²) in [7, 11) is 0. The molecule has 2 fully saturated rings. The Kier molecular flexibility index (Phi) is 4.46. The lowest BCUT2D eigenvalue weighted by Gasteiger charge is -2.17. The van der Waals surface area contributed by atoms with Crippen LogP contribution in [0.1, 0.15) is 47.3 Å². The van der Waals surface area contributed by atoms with Crippen molar-refractivity contribution in [2.75, 3.05) is 13.1 Å². The molecule has 29 heavy (non-hydrogen) atoms. The molecule has 0 radical (unpaired) electrons. The highest BCUT2D eigenvalue weighted by Crippen LogP contribution is 2.39. The molecule has 3 heterocycles. The van der Waals surface area contributed by atoms with E-state index in [0.717, 1.165) is 42.2 Å². The lowest BCUT2D eigenvalue weighted by Crippen LogP contribution is -2.31. The first-order valence-corrected chi connectivity index (χ1v) is 9.84. The van der Waals surface area contributed by atoms with Crippen molar-refractivity contribution >= 4 is 5.91 Å². The molecule has 1 unspecified atom stereocenters. The molecule has 0 N–H and O–H groups in total. The number of likely N-dealkylation sites (tertiary alicyclic amines) is 1. The summed E-state index contributed by atoms with van der Waals surface area (Å²) in [5.74, 6) is 2.43. The van der Waals surface area contributed by atoms with Crippen LogP contribution in [0.4, 0.5) is 0 Å². The second-order valence-electron chi connectivity index (χ2n) is 7.58. The number of nitrogens with zero attached hydrogens (tertiary/aromatic N) is 5. The summed E-state index contributed by atoms with van der Waals surface area (Å²) in [5, 5.41) is 4.06. The second kappa shape index (κ2) is 7.27. The fourth-order valence-electron chi connectivity index (χ4n) is 3.40. The van der Waals surface area contributed by atoms with Gasteiger partial charge in [0, 0.05) is 30.6 Å². The van der Waals surface area contributed by atoms with Crippen molar-refractivity contribution in [3.8, 4) is 17.1 Å². The number of ether oxygens (including phenoxy) is 1. The van der Waals surface area contributed by atoms with Gasteiger partial charge in [0.25, 0.3) is 5.91 Å². The Bertz CT molecular complexity index is 1010. The van der Waals surface area contributed by atoms with E-state index in [1.165, 1.54) is 6.20 Å². The number of hydrogen-bond acceptors (Lipinski definition) is 7. The highest BCUT2D eigenvalue weighted by atomic mass is 16.5. The van der Waals surface area contributed by atoms with Gasteiger partial charge in [-0.05, 0) is 44.0 Å². The van der Waals surface area contributed by atoms with Crippen LogP contribution in [0.25, 0.3) is 11.4 Å². The quantitative estimate of drug-likeness (QED) is 0.660. The summed E-state index contributed by atoms with van der Waals surface area (Å²) < 4.78 is 11.4. The summed E-state index contributed by atoms with van der Waals surface area (Å²) in [6, 6.07) is 7.66. The van der Waals surface area contributed by atoms with E-state index in [2.05, 4.69) is 20.1 Å². The number of hydrogen-bond donors (Lipinski definition) is 0. The van der Waals surface area contributed by atoms with Crippen LogP contribution in [-0.2, 0) is 0 Å². The third-order valence-corrected chi connectivity index (χ3v) is 5.22. The first kappa shape index (κ1) is 17.8. The van der Waals surface area contributed by atoms with Crippen LogP contribution in [-0.4, -0.2) is 50.1 Å². The van der Waals surface area contributed by atoms with Crippen molar-refractivity contribution in [3.63, 3.8) is 0 Å². The number of aromatic nitrogens is 4. The predicted molar refractivity (Wildman–Crippen MR) is 103 cm³/mol. The number of carbonyl (C=O) groups excluding carboxylic acids is 1. The van der Waals surface area contributed by atoms with E-state index in [4.69, 9.17) is 9.26 Å². The Balaban J connectivity index is 1.19. The molecule has 1 atom stereocenters. The Morgan fingerprint density at radius 1 is 1.14 bits per heavy atom. The second-order valence-corrected chi connectivity index (χ2v) is 7.58. The third kappa shape index (κ3) is 3.83. The van der Waals surface area contributed by atoms with Gasteiger partial charge in [0.15, 0.2) is 0 Å². The van der Waals surface area contributed by atoms with E-state index in [1.807, 2.05) is 31.2 Å². The van der Waals surface area contributed by atoms with Crippen LogP contribution in [0.5, 0.6) is 5.75 Å². The first-order valence-electron chi connectivity index (χ1n) is 9.84. The van der Waals surface area contributed by atoms with Crippen LogP contribution in [0.3, 0.4) is 0 Å². The van der Waals surface area contributed by atoms with Gasteiger partial charge in [-0.25, -0.2) is 4.98 Å². The van der Waals surface area contributed by atoms with Crippen molar-refractivity contribution in [1.29, 1.82) is 0 Å². The number of aryl methyl sites for hydroxylation is 1. The molecule has 0 bridgehead atoms. The number of benzene rings is 1. The van der Waals surface area contributed by atoms with E-state index in [-0.39, 0.29) is 12.0 Å². The molecule has 1 saturated carbocycles. The summed E-state index contributed by atoms with van der Waals surface area (Å²) in [5.41, 5.74) is 2.05. The van der Waals surface area contributed by atoms with Gasteiger partial charge in [0.1, 0.15) is 17.5 Å². The number of amides is 1. The van der Waals surface area contributed by atoms with Gasteiger partial charge in [-0.15, -0.1) is 0 Å². The Hall–Kier alpha value is -3.29. The van der Waals surface area contributed by atoms with Gasteiger partial charge in [0.05, 0.1) is 18.4 Å². The van der Waals surface area contributed by atoms with Crippen LogP contribution < -0.4 is 4.74 Å². The van der Waals surface area contributed by atoms with Crippen LogP contribution >= 0.6 is 0 Å². The fourth-order valence-corrected chi connectivity index (χ4v) is 3.40. The maximum atomic E-state index is 12.6. The minimum absolute atomic E-state index is 0.0464. The zero-order valence-corrected chi connectivity index (χ0v) is 16.1. The largest absolute Gasteiger partial charge is 0.489 e. The standard InChI is InChI=1S/C21H21N5O3/c1-13-10-23-18(11-22-13)21(27)26-9-8-17(12-26)28-16-6-4-14(5-7-16)19-24-20(29-25-19)15-2-3-15/h4-7,10-11,15,17H,2-3,8-9,12H2,1H3. The molecule has 148 valence electrons. The minimum Gasteiger partial charge on any atom is -0.489 e. The monoisotopic (exact) mass is 391 g/mol. The average Bonchev–Trinajstić information content (AvgIpc) is 3.29. The zero-order valence-electron chi connectivity index (χ0n) is 16.1. The van der Waals surface area contributed by atoms with Crippen LogP contribution in [0.15, 0.2) is 41.2 Å². The highest BCUT2D eigenvalue weighted by molar-refractivity contribution is 5.92. The van der Waals surface area contributed by atoms with E-state index in [0.29, 0.717) is 30.5 Å². The SMILES string of the molecule is Cc1cnc(C(=O)N2CCC(Oc3ccc(-c4noc(C5CC5)n4)cc3)C2)cn1. The van der Waals surface area contributed by atoms with Crippen LogP contribution in [0, 0.1) is 6.92 Å². The molecule has 1 amide bonds. The number of rotatable bonds is 5. The van der Waals surface area contributed by atoms with Gasteiger partial charge in [-0.3, -0.25) is 9.78 Å². The van der Waals surface area contributed by atoms with Crippen molar-refractivity contribution in [2.24, 2.45) is 0 Å². The van der Waals surface area contributed by atoms with Gasteiger partial charge < -0.3 is 14.2 Å². The molecule has 2 aromatic heterocycles. The van der Waals surface area contributed by atoms with E-state index >= 15 is 0 Å². The molecule has 1 aliphatic heterocycles. The van der Waals surface area contributed by atoms with Crippen molar-refractivity contribution < 1.29 is 14.1 Å². The topological polar surface area (TPSA) is 94.2 Å². The minimum atomic E-state index is -0.109. The predicted octanol–water partition coefficient (Wildman–Crippen LogP) is 3.01. The molecule has 8 heteroatoms. The average molecular weight is 391 g/mol. The molecule has 0 spiro atoms. The molecule has 1 aromatic carbocycles. The maximum Gasteiger partial charge on any atom is 0.274 e. The lowest BCUT2D eigenvalue weighted by molar-refractivity contribution is 0.0766. The van der Waals surface area contributed by atoms with Gasteiger partial charge in [0.2, 0.25) is 11.7 Å². The van der Waals surface area contributed by atoms with Crippen molar-refractivity contribution in [1.82, 2.24) is 25.0 Å². The molecule has 1 saturated heterocycles. The zero-order chi connectivity index (χ0) is 19.8. The molecular formula is C21H21N5O3. The lowest BCUT2D eigenvalue weighted by atomic mass is 10.2. The third-order valence-electron chi connectivity index (χ3n) is 5.22. The van der Waals surface area contributed by atoms with Crippen molar-refractivity contribution in [3.05, 3.63) is 53.9 Å². The smallest absolute Gasteiger partial charge is 0.274 e. The summed E-state index contributed by atoms with van der Waals surface area (Å²) in [6.07, 6.45) is 6.13. The van der Waals surface area contributed by atoms with Gasteiger partial charge in [-0.1, -0.05) is 5.16 Å². The maximum absolute atomic E-state index is 12.6. The molecule has 5 rings (SSSR count). The van der Waals surface area contributed by atoms with Crippen LogP contribution in [0.2, 0.25) is 0 Å². The van der Waals surface area contributed by atoms with Gasteiger partial charge >= 0.3 is 0 Å². The first-order chi connectivity index (χ1) is 14.2. The fraction of sp³-hybridized carbons (Fsp3) is 0.381. The molecular weight excluding hydrogens is 370 g/mol. The molecule has 3 aromatic rings. The highest BCUT2D eigenvalue weighted by Gasteiger charge is 2.30. The summed E-state index contributed by atoms with van der Waals surface area (Å²) in [6.45, 7) is 3.02. The Labute approximate surface area is 167 Å². The van der Waals surface area contributed by atoms with E-state index in [1.54, 1.807) is 11.1 Å². The van der Waals surface area contributed by atoms with Gasteiger partial charge in [-0.2, -0.15) is 4.98 Å². The Morgan fingerprint density at radius 3 is 2.69 bits per heavy atom. The molecule has 2 aliphatic rings. The normalized spacial score (nSPS) is 18.8. The number of carbonyl (C=O) groups is 1. The molecule has 1 aliphatic carbocycles. The van der Waals surface area contributed by atoms with Crippen molar-refractivity contribution in [2.45, 2.75) is 38.2 Å². The molecule has 8 nitrogen and oxygen atoms in total. The summed E-state index contributed by atoms with van der Waals surface area (Å²) in [4.78, 5) is 27.1. The summed E-state index contributed by atoms with van der Waals surface area (Å²) >= 11 is 0. The van der Waals surface area contributed by atoms with E-state index < -0.39 is 0 Å². The Morgan fingerprint density at radius 2 is 1.97 bits per heavy atom.